The van der Waals surface area contributed by atoms with E-state index in [-0.39, 0.29) is 11.4 Å². The van der Waals surface area contributed by atoms with Gasteiger partial charge in [-0.3, -0.25) is 0 Å². The molecule has 1 saturated heterocycles. The molecule has 2 aromatic rings. The zero-order valence-corrected chi connectivity index (χ0v) is 16.6. The van der Waals surface area contributed by atoms with Gasteiger partial charge in [-0.05, 0) is 48.9 Å². The fraction of sp³-hybridized carbons (Fsp3) is 0.435. The number of benzene rings is 2. The molecule has 1 heterocycles. The molecule has 0 spiro atoms. The van der Waals surface area contributed by atoms with Crippen LogP contribution in [0.25, 0.3) is 0 Å². The van der Waals surface area contributed by atoms with Gasteiger partial charge in [-0.2, -0.15) is 0 Å². The second-order valence-electron chi connectivity index (χ2n) is 7.65. The van der Waals surface area contributed by atoms with E-state index in [0.29, 0.717) is 13.1 Å². The SMILES string of the molecule is Cc1ccccc1CN(C)C(=O)NCC1(c2ccccc2C)CCOCC1. The number of carbonyl (C=O) groups is 1. The average molecular weight is 367 g/mol. The van der Waals surface area contributed by atoms with Crippen molar-refractivity contribution in [2.75, 3.05) is 26.8 Å². The van der Waals surface area contributed by atoms with Crippen LogP contribution < -0.4 is 5.32 Å². The van der Waals surface area contributed by atoms with Crippen LogP contribution >= 0.6 is 0 Å². The lowest BCUT2D eigenvalue weighted by Gasteiger charge is -2.39. The minimum atomic E-state index is -0.0528. The number of amides is 2. The first-order valence-corrected chi connectivity index (χ1v) is 9.69. The fourth-order valence-corrected chi connectivity index (χ4v) is 3.97. The van der Waals surface area contributed by atoms with Gasteiger partial charge in [0.2, 0.25) is 0 Å². The largest absolute Gasteiger partial charge is 0.381 e. The van der Waals surface area contributed by atoms with Crippen molar-refractivity contribution in [2.24, 2.45) is 0 Å². The topological polar surface area (TPSA) is 41.6 Å². The molecule has 0 radical (unpaired) electrons. The lowest BCUT2D eigenvalue weighted by atomic mass is 9.72. The second-order valence-corrected chi connectivity index (χ2v) is 7.65. The number of hydrogen-bond donors (Lipinski definition) is 1. The van der Waals surface area contributed by atoms with E-state index in [1.165, 1.54) is 22.3 Å². The predicted molar refractivity (Wildman–Crippen MR) is 109 cm³/mol. The summed E-state index contributed by atoms with van der Waals surface area (Å²) in [6.07, 6.45) is 1.86. The molecule has 4 nitrogen and oxygen atoms in total. The Hall–Kier alpha value is -2.33. The quantitative estimate of drug-likeness (QED) is 0.862. The molecule has 0 atom stereocenters. The Morgan fingerprint density at radius 1 is 1.04 bits per heavy atom. The number of urea groups is 1. The monoisotopic (exact) mass is 366 g/mol. The molecular weight excluding hydrogens is 336 g/mol. The number of rotatable bonds is 5. The predicted octanol–water partition coefficient (Wildman–Crippen LogP) is 4.19. The minimum Gasteiger partial charge on any atom is -0.381 e. The van der Waals surface area contributed by atoms with E-state index in [0.717, 1.165) is 26.1 Å². The Bertz CT molecular complexity index is 781. The first-order valence-electron chi connectivity index (χ1n) is 9.69. The van der Waals surface area contributed by atoms with Crippen LogP contribution in [-0.2, 0) is 16.7 Å². The van der Waals surface area contributed by atoms with Gasteiger partial charge in [0, 0.05) is 38.8 Å². The highest BCUT2D eigenvalue weighted by Crippen LogP contribution is 2.36. The number of carbonyl (C=O) groups excluding carboxylic acids is 1. The van der Waals surface area contributed by atoms with Crippen LogP contribution in [0.15, 0.2) is 48.5 Å². The fourth-order valence-electron chi connectivity index (χ4n) is 3.97. The maximum Gasteiger partial charge on any atom is 0.317 e. The first kappa shape index (κ1) is 19.4. The number of hydrogen-bond acceptors (Lipinski definition) is 2. The van der Waals surface area contributed by atoms with E-state index in [9.17, 15) is 4.79 Å². The molecule has 1 aliphatic heterocycles. The zero-order valence-electron chi connectivity index (χ0n) is 16.6. The Labute approximate surface area is 162 Å². The second kappa shape index (κ2) is 8.57. The average Bonchev–Trinajstić information content (AvgIpc) is 2.69. The highest BCUT2D eigenvalue weighted by atomic mass is 16.5. The van der Waals surface area contributed by atoms with Crippen LogP contribution in [0.2, 0.25) is 0 Å². The van der Waals surface area contributed by atoms with Crippen LogP contribution in [-0.4, -0.2) is 37.7 Å². The molecule has 1 N–H and O–H groups in total. The molecule has 0 aliphatic carbocycles. The van der Waals surface area contributed by atoms with Gasteiger partial charge in [-0.15, -0.1) is 0 Å². The van der Waals surface area contributed by atoms with Crippen molar-refractivity contribution in [1.82, 2.24) is 10.2 Å². The van der Waals surface area contributed by atoms with Crippen LogP contribution in [0.4, 0.5) is 4.79 Å². The summed E-state index contributed by atoms with van der Waals surface area (Å²) < 4.78 is 5.61. The molecular formula is C23H30N2O2. The van der Waals surface area contributed by atoms with Crippen molar-refractivity contribution in [2.45, 2.75) is 38.6 Å². The van der Waals surface area contributed by atoms with Gasteiger partial charge in [0.25, 0.3) is 0 Å². The van der Waals surface area contributed by atoms with E-state index in [4.69, 9.17) is 4.74 Å². The van der Waals surface area contributed by atoms with Gasteiger partial charge in [-0.1, -0.05) is 48.5 Å². The van der Waals surface area contributed by atoms with E-state index in [1.54, 1.807) is 4.90 Å². The van der Waals surface area contributed by atoms with Gasteiger partial charge in [0.15, 0.2) is 0 Å². The Morgan fingerprint density at radius 2 is 1.67 bits per heavy atom. The van der Waals surface area contributed by atoms with Crippen LogP contribution in [0.5, 0.6) is 0 Å². The van der Waals surface area contributed by atoms with Crippen LogP contribution in [0.3, 0.4) is 0 Å². The summed E-state index contributed by atoms with van der Waals surface area (Å²) in [5.74, 6) is 0. The molecule has 0 aromatic heterocycles. The van der Waals surface area contributed by atoms with Crippen molar-refractivity contribution in [3.63, 3.8) is 0 Å². The maximum absolute atomic E-state index is 12.7. The third kappa shape index (κ3) is 4.51. The summed E-state index contributed by atoms with van der Waals surface area (Å²) >= 11 is 0. The van der Waals surface area contributed by atoms with Crippen LogP contribution in [0.1, 0.15) is 35.1 Å². The smallest absolute Gasteiger partial charge is 0.317 e. The number of nitrogens with one attached hydrogen (secondary N) is 1. The van der Waals surface area contributed by atoms with Crippen molar-refractivity contribution < 1.29 is 9.53 Å². The molecule has 0 bridgehead atoms. The van der Waals surface area contributed by atoms with E-state index >= 15 is 0 Å². The Morgan fingerprint density at radius 3 is 2.33 bits per heavy atom. The Kier molecular flexibility index (Phi) is 6.17. The standard InChI is InChI=1S/C23H30N2O2/c1-18-8-4-6-10-20(18)16-25(3)22(26)24-17-23(12-14-27-15-13-23)21-11-7-5-9-19(21)2/h4-11H,12-17H2,1-3H3,(H,24,26). The van der Waals surface area contributed by atoms with Gasteiger partial charge in [0.1, 0.15) is 0 Å². The summed E-state index contributed by atoms with van der Waals surface area (Å²) in [7, 11) is 1.85. The lowest BCUT2D eigenvalue weighted by Crippen LogP contribution is -2.48. The van der Waals surface area contributed by atoms with Gasteiger partial charge >= 0.3 is 6.03 Å². The molecule has 144 valence electrons. The number of aryl methyl sites for hydroxylation is 2. The number of nitrogens with zero attached hydrogens (tertiary/aromatic N) is 1. The minimum absolute atomic E-state index is 0.0299. The first-order chi connectivity index (χ1) is 13.0. The molecule has 4 heteroatoms. The van der Waals surface area contributed by atoms with Crippen molar-refractivity contribution in [3.8, 4) is 0 Å². The van der Waals surface area contributed by atoms with Crippen molar-refractivity contribution >= 4 is 6.03 Å². The molecule has 2 amide bonds. The molecule has 0 unspecified atom stereocenters. The molecule has 27 heavy (non-hydrogen) atoms. The highest BCUT2D eigenvalue weighted by Gasteiger charge is 2.36. The molecule has 0 saturated carbocycles. The normalized spacial score (nSPS) is 16.0. The van der Waals surface area contributed by atoms with Crippen molar-refractivity contribution in [3.05, 3.63) is 70.8 Å². The molecule has 3 rings (SSSR count). The maximum atomic E-state index is 12.7. The van der Waals surface area contributed by atoms with E-state index in [2.05, 4.69) is 55.6 Å². The van der Waals surface area contributed by atoms with Gasteiger partial charge in [0.05, 0.1) is 0 Å². The molecule has 2 aromatic carbocycles. The van der Waals surface area contributed by atoms with Gasteiger partial charge in [-0.25, -0.2) is 4.79 Å². The Balaban J connectivity index is 1.69. The lowest BCUT2D eigenvalue weighted by molar-refractivity contribution is 0.0500. The summed E-state index contributed by atoms with van der Waals surface area (Å²) in [4.78, 5) is 14.5. The number of ether oxygens (including phenoxy) is 1. The van der Waals surface area contributed by atoms with E-state index in [1.807, 2.05) is 19.2 Å². The van der Waals surface area contributed by atoms with Crippen LogP contribution in [0, 0.1) is 13.8 Å². The van der Waals surface area contributed by atoms with Gasteiger partial charge < -0.3 is 15.0 Å². The molecule has 1 aliphatic rings. The highest BCUT2D eigenvalue weighted by molar-refractivity contribution is 5.74. The summed E-state index contributed by atoms with van der Waals surface area (Å²) in [5.41, 5.74) is 4.94. The summed E-state index contributed by atoms with van der Waals surface area (Å²) in [6, 6.07) is 16.7. The summed E-state index contributed by atoms with van der Waals surface area (Å²) in [6.45, 7) is 6.96. The van der Waals surface area contributed by atoms with E-state index < -0.39 is 0 Å². The third-order valence-corrected chi connectivity index (χ3v) is 5.76. The summed E-state index contributed by atoms with van der Waals surface area (Å²) in [5, 5.41) is 3.19. The zero-order chi connectivity index (χ0) is 19.3. The van der Waals surface area contributed by atoms with Crippen molar-refractivity contribution in [1.29, 1.82) is 0 Å². The molecule has 1 fully saturated rings. The third-order valence-electron chi connectivity index (χ3n) is 5.76.